The average Bonchev–Trinajstić information content (AvgIpc) is 2.06. The Morgan fingerprint density at radius 1 is 1.40 bits per heavy atom. The first-order valence-corrected chi connectivity index (χ1v) is 5.27. The Morgan fingerprint density at radius 3 is 2.53 bits per heavy atom. The number of hydrogen-bond donors (Lipinski definition) is 0. The Labute approximate surface area is 96.6 Å². The van der Waals surface area contributed by atoms with E-state index in [0.717, 1.165) is 6.07 Å². The van der Waals surface area contributed by atoms with Crippen molar-refractivity contribution in [2.45, 2.75) is 26.4 Å². The predicted octanol–water partition coefficient (Wildman–Crippen LogP) is 3.54. The highest BCUT2D eigenvalue weighted by molar-refractivity contribution is 9.10. The van der Waals surface area contributed by atoms with Crippen LogP contribution in [0.25, 0.3) is 0 Å². The molecule has 82 valence electrons. The van der Waals surface area contributed by atoms with Gasteiger partial charge in [0.25, 0.3) is 0 Å². The summed E-state index contributed by atoms with van der Waals surface area (Å²) in [5, 5.41) is 0. The van der Waals surface area contributed by atoms with Gasteiger partial charge in [0.15, 0.2) is 0 Å². The van der Waals surface area contributed by atoms with Crippen LogP contribution in [0, 0.1) is 5.82 Å². The quantitative estimate of drug-likeness (QED) is 0.733. The second-order valence-corrected chi connectivity index (χ2v) is 4.98. The number of ether oxygens (including phenoxy) is 1. The van der Waals surface area contributed by atoms with Crippen LogP contribution in [0.5, 0.6) is 0 Å². The maximum absolute atomic E-state index is 12.9. The first kappa shape index (κ1) is 12.2. The van der Waals surface area contributed by atoms with Gasteiger partial charge in [0.2, 0.25) is 0 Å². The van der Waals surface area contributed by atoms with E-state index >= 15 is 0 Å². The highest BCUT2D eigenvalue weighted by atomic mass is 79.9. The fraction of sp³-hybridized carbons (Fsp3) is 0.364. The van der Waals surface area contributed by atoms with Gasteiger partial charge in [-0.3, -0.25) is 0 Å². The molecule has 15 heavy (non-hydrogen) atoms. The number of esters is 1. The van der Waals surface area contributed by atoms with Crippen molar-refractivity contribution in [3.8, 4) is 0 Å². The molecule has 0 bridgehead atoms. The minimum atomic E-state index is -0.581. The molecule has 0 aliphatic rings. The van der Waals surface area contributed by atoms with Crippen LogP contribution < -0.4 is 0 Å². The molecule has 4 heteroatoms. The van der Waals surface area contributed by atoms with Crippen molar-refractivity contribution in [3.05, 3.63) is 34.1 Å². The van der Waals surface area contributed by atoms with E-state index in [9.17, 15) is 9.18 Å². The van der Waals surface area contributed by atoms with Gasteiger partial charge in [-0.25, -0.2) is 9.18 Å². The molecule has 2 nitrogen and oxygen atoms in total. The summed E-state index contributed by atoms with van der Waals surface area (Å²) >= 11 is 3.17. The van der Waals surface area contributed by atoms with Crippen molar-refractivity contribution in [2.24, 2.45) is 0 Å². The van der Waals surface area contributed by atoms with Crippen molar-refractivity contribution < 1.29 is 13.9 Å². The molecule has 1 rings (SSSR count). The van der Waals surface area contributed by atoms with Gasteiger partial charge in [0, 0.05) is 4.47 Å². The summed E-state index contributed by atoms with van der Waals surface area (Å²) in [6, 6.07) is 3.91. The van der Waals surface area contributed by atoms with Crippen molar-refractivity contribution >= 4 is 21.9 Å². The molecule has 0 aliphatic heterocycles. The molecular formula is C11H12BrFO2. The van der Waals surface area contributed by atoms with Gasteiger partial charge >= 0.3 is 5.97 Å². The highest BCUT2D eigenvalue weighted by Gasteiger charge is 2.20. The van der Waals surface area contributed by atoms with Gasteiger partial charge in [-0.2, -0.15) is 0 Å². The summed E-state index contributed by atoms with van der Waals surface area (Å²) in [7, 11) is 0. The molecular weight excluding hydrogens is 263 g/mol. The average molecular weight is 275 g/mol. The van der Waals surface area contributed by atoms with E-state index in [1.54, 1.807) is 20.8 Å². The van der Waals surface area contributed by atoms with Crippen molar-refractivity contribution in [1.29, 1.82) is 0 Å². The monoisotopic (exact) mass is 274 g/mol. The summed E-state index contributed by atoms with van der Waals surface area (Å²) < 4.78 is 18.6. The first-order valence-electron chi connectivity index (χ1n) is 4.48. The standard InChI is InChI=1S/C11H12BrFO2/c1-11(2,3)15-10(14)8-6-7(13)4-5-9(8)12/h4-6H,1-3H3. The summed E-state index contributed by atoms with van der Waals surface area (Å²) in [4.78, 5) is 11.6. The van der Waals surface area contributed by atoms with Crippen LogP contribution in [0.3, 0.4) is 0 Å². The Morgan fingerprint density at radius 2 is 2.00 bits per heavy atom. The van der Waals surface area contributed by atoms with E-state index in [1.165, 1.54) is 12.1 Å². The molecule has 0 radical (unpaired) electrons. The second-order valence-electron chi connectivity index (χ2n) is 4.13. The van der Waals surface area contributed by atoms with E-state index < -0.39 is 17.4 Å². The lowest BCUT2D eigenvalue weighted by Gasteiger charge is -2.19. The normalized spacial score (nSPS) is 11.3. The molecule has 0 saturated heterocycles. The summed E-state index contributed by atoms with van der Waals surface area (Å²) in [6.07, 6.45) is 0. The van der Waals surface area contributed by atoms with Crippen LogP contribution in [-0.2, 0) is 4.74 Å². The first-order chi connectivity index (χ1) is 6.79. The van der Waals surface area contributed by atoms with E-state index in [2.05, 4.69) is 15.9 Å². The van der Waals surface area contributed by atoms with E-state index in [1.807, 2.05) is 0 Å². The molecule has 0 heterocycles. The molecule has 0 amide bonds. The van der Waals surface area contributed by atoms with Crippen molar-refractivity contribution in [3.63, 3.8) is 0 Å². The summed E-state index contributed by atoms with van der Waals surface area (Å²) in [5.74, 6) is -0.993. The molecule has 0 aromatic heterocycles. The Balaban J connectivity index is 2.96. The van der Waals surface area contributed by atoms with Crippen LogP contribution in [0.1, 0.15) is 31.1 Å². The fourth-order valence-corrected chi connectivity index (χ4v) is 1.40. The van der Waals surface area contributed by atoms with Gasteiger partial charge in [0.1, 0.15) is 11.4 Å². The number of carbonyl (C=O) groups excluding carboxylic acids is 1. The zero-order valence-electron chi connectivity index (χ0n) is 8.80. The molecule has 0 fully saturated rings. The molecule has 0 aliphatic carbocycles. The minimum Gasteiger partial charge on any atom is -0.456 e. The maximum atomic E-state index is 12.9. The smallest absolute Gasteiger partial charge is 0.339 e. The molecule has 1 aromatic carbocycles. The van der Waals surface area contributed by atoms with Gasteiger partial charge in [-0.15, -0.1) is 0 Å². The number of hydrogen-bond acceptors (Lipinski definition) is 2. The number of benzene rings is 1. The minimum absolute atomic E-state index is 0.199. The van der Waals surface area contributed by atoms with E-state index in [-0.39, 0.29) is 5.56 Å². The third kappa shape index (κ3) is 3.63. The van der Waals surface area contributed by atoms with Crippen LogP contribution in [0.2, 0.25) is 0 Å². The number of halogens is 2. The number of carbonyl (C=O) groups is 1. The molecule has 0 unspecified atom stereocenters. The summed E-state index contributed by atoms with van der Waals surface area (Å²) in [6.45, 7) is 5.29. The molecule has 1 aromatic rings. The zero-order valence-corrected chi connectivity index (χ0v) is 10.4. The Bertz CT molecular complexity index is 383. The largest absolute Gasteiger partial charge is 0.456 e. The Hall–Kier alpha value is -0.900. The van der Waals surface area contributed by atoms with Crippen molar-refractivity contribution in [1.82, 2.24) is 0 Å². The summed E-state index contributed by atoms with van der Waals surface area (Å²) in [5.41, 5.74) is -0.382. The lowest BCUT2D eigenvalue weighted by Crippen LogP contribution is -2.24. The SMILES string of the molecule is CC(C)(C)OC(=O)c1cc(F)ccc1Br. The van der Waals surface area contributed by atoms with Crippen molar-refractivity contribution in [2.75, 3.05) is 0 Å². The van der Waals surface area contributed by atoms with Gasteiger partial charge in [0.05, 0.1) is 5.56 Å². The maximum Gasteiger partial charge on any atom is 0.339 e. The van der Waals surface area contributed by atoms with Gasteiger partial charge in [-0.05, 0) is 54.9 Å². The highest BCUT2D eigenvalue weighted by Crippen LogP contribution is 2.21. The Kier molecular flexibility index (Phi) is 3.50. The van der Waals surface area contributed by atoms with Gasteiger partial charge in [-0.1, -0.05) is 0 Å². The third-order valence-corrected chi connectivity index (χ3v) is 2.24. The lowest BCUT2D eigenvalue weighted by molar-refractivity contribution is 0.00680. The second kappa shape index (κ2) is 4.31. The third-order valence-electron chi connectivity index (χ3n) is 1.55. The lowest BCUT2D eigenvalue weighted by atomic mass is 10.1. The van der Waals surface area contributed by atoms with Crippen LogP contribution >= 0.6 is 15.9 Å². The topological polar surface area (TPSA) is 26.3 Å². The van der Waals surface area contributed by atoms with Crippen LogP contribution in [0.15, 0.2) is 22.7 Å². The molecule has 0 spiro atoms. The predicted molar refractivity (Wildman–Crippen MR) is 59.3 cm³/mol. The fourth-order valence-electron chi connectivity index (χ4n) is 0.987. The molecule has 0 atom stereocenters. The molecule has 0 N–H and O–H groups in total. The van der Waals surface area contributed by atoms with E-state index in [0.29, 0.717) is 4.47 Å². The van der Waals surface area contributed by atoms with Crippen LogP contribution in [0.4, 0.5) is 4.39 Å². The van der Waals surface area contributed by atoms with E-state index in [4.69, 9.17) is 4.74 Å². The van der Waals surface area contributed by atoms with Crippen LogP contribution in [-0.4, -0.2) is 11.6 Å². The molecule has 0 saturated carbocycles. The zero-order chi connectivity index (χ0) is 11.6. The number of rotatable bonds is 1. The van der Waals surface area contributed by atoms with Gasteiger partial charge < -0.3 is 4.74 Å².